The van der Waals surface area contributed by atoms with Gasteiger partial charge in [0, 0.05) is 18.6 Å². The average Bonchev–Trinajstić information content (AvgIpc) is 2.90. The van der Waals surface area contributed by atoms with Gasteiger partial charge in [-0.05, 0) is 59.9 Å². The minimum absolute atomic E-state index is 0.0242. The molecule has 3 aliphatic carbocycles. The predicted molar refractivity (Wildman–Crippen MR) is 120 cm³/mol. The predicted octanol–water partition coefficient (Wildman–Crippen LogP) is 4.86. The van der Waals surface area contributed by atoms with Gasteiger partial charge in [0.05, 0.1) is 5.22 Å². The van der Waals surface area contributed by atoms with Crippen LogP contribution in [0.5, 0.6) is 0 Å². The Balaban J connectivity index is 1.85. The number of hydrogen-bond donors (Lipinski definition) is 0. The van der Waals surface area contributed by atoms with Crippen molar-refractivity contribution in [3.05, 3.63) is 70.1 Å². The molecule has 0 bridgehead atoms. The van der Waals surface area contributed by atoms with Gasteiger partial charge in [0.25, 0.3) is 6.08 Å². The Kier molecular flexibility index (Phi) is 5.18. The molecule has 3 aliphatic rings. The van der Waals surface area contributed by atoms with Gasteiger partial charge in [-0.2, -0.15) is 8.78 Å². The van der Waals surface area contributed by atoms with Crippen LogP contribution in [0, 0.1) is 0 Å². The van der Waals surface area contributed by atoms with E-state index in [4.69, 9.17) is 0 Å². The Bertz CT molecular complexity index is 1280. The summed E-state index contributed by atoms with van der Waals surface area (Å²) in [6, 6.07) is 13.5. The fraction of sp³-hybridized carbons (Fsp3) is 0.280. The Morgan fingerprint density at radius 3 is 2.40 bits per heavy atom. The monoisotopic (exact) mass is 421 g/mol. The van der Waals surface area contributed by atoms with E-state index in [2.05, 4.69) is 20.8 Å². The van der Waals surface area contributed by atoms with E-state index in [1.165, 1.54) is 0 Å². The van der Waals surface area contributed by atoms with Gasteiger partial charge in [-0.25, -0.2) is 0 Å². The van der Waals surface area contributed by atoms with Crippen LogP contribution in [0.1, 0.15) is 26.3 Å². The zero-order chi connectivity index (χ0) is 21.6. The fourth-order valence-corrected chi connectivity index (χ4v) is 5.79. The molecular weight excluding hydrogens is 396 g/mol. The van der Waals surface area contributed by atoms with Gasteiger partial charge in [-0.15, -0.1) is 0 Å². The third-order valence-electron chi connectivity index (χ3n) is 6.04. The van der Waals surface area contributed by atoms with Crippen LogP contribution >= 0.6 is 0 Å². The molecule has 0 aliphatic heterocycles. The van der Waals surface area contributed by atoms with E-state index < -0.39 is 14.9 Å². The topological polar surface area (TPSA) is 20.3 Å². The summed E-state index contributed by atoms with van der Waals surface area (Å²) in [6.07, 6.45) is 3.03. The molecule has 1 aromatic rings. The Morgan fingerprint density at radius 1 is 1.03 bits per heavy atom. The van der Waals surface area contributed by atoms with Crippen LogP contribution in [-0.2, 0) is 10.9 Å². The highest BCUT2D eigenvalue weighted by Gasteiger charge is 2.26. The van der Waals surface area contributed by atoms with Crippen molar-refractivity contribution < 1.29 is 13.2 Å². The zero-order valence-corrected chi connectivity index (χ0v) is 18.7. The van der Waals surface area contributed by atoms with E-state index >= 15 is 0 Å². The van der Waals surface area contributed by atoms with Crippen molar-refractivity contribution in [2.75, 3.05) is 7.05 Å². The van der Waals surface area contributed by atoms with E-state index in [0.717, 1.165) is 27.3 Å². The number of allylic oxidation sites excluding steroid dienone is 2. The van der Waals surface area contributed by atoms with E-state index in [-0.39, 0.29) is 10.8 Å². The quantitative estimate of drug-likeness (QED) is 0.563. The maximum Gasteiger partial charge on any atom is 0.399 e. The second-order valence-electron chi connectivity index (χ2n) is 8.90. The summed E-state index contributed by atoms with van der Waals surface area (Å²) in [6.45, 7) is 6.15. The molecule has 0 saturated heterocycles. The second-order valence-corrected chi connectivity index (χ2v) is 10.7. The molecule has 0 unspecified atom stereocenters. The first-order valence-electron chi connectivity index (χ1n) is 10.1. The molecule has 0 aromatic heterocycles. The summed E-state index contributed by atoms with van der Waals surface area (Å²) in [5.41, 5.74) is 3.39. The normalized spacial score (nSPS) is 13.6. The lowest BCUT2D eigenvalue weighted by molar-refractivity contribution is 0.274. The molecule has 0 saturated carbocycles. The molecule has 0 spiro atoms. The summed E-state index contributed by atoms with van der Waals surface area (Å²) in [4.78, 5) is 0. The Labute approximate surface area is 176 Å². The maximum atomic E-state index is 13.9. The molecule has 4 rings (SSSR count). The molecule has 0 N–H and O–H groups in total. The lowest BCUT2D eigenvalue weighted by atomic mass is 9.94. The van der Waals surface area contributed by atoms with Crippen LogP contribution in [0.3, 0.4) is 0 Å². The number of hydrogen-bond acceptors (Lipinski definition) is 1. The van der Waals surface area contributed by atoms with Crippen molar-refractivity contribution in [3.63, 3.8) is 0 Å². The van der Waals surface area contributed by atoms with Crippen LogP contribution in [0.4, 0.5) is 8.78 Å². The molecule has 154 valence electrons. The molecule has 0 atom stereocenters. The SMILES string of the molecule is CN([Si](=O)CC1=CC=c2cccc3c(=C(F)F)c4ccccc4c-3c2C1)C(C)(C)C. The highest BCUT2D eigenvalue weighted by molar-refractivity contribution is 6.40. The minimum Gasteiger partial charge on any atom is -0.375 e. The zero-order valence-electron chi connectivity index (χ0n) is 17.7. The lowest BCUT2D eigenvalue weighted by Gasteiger charge is -2.32. The summed E-state index contributed by atoms with van der Waals surface area (Å²) in [5.74, 6) is 0. The van der Waals surface area contributed by atoms with E-state index in [1.54, 1.807) is 18.2 Å². The van der Waals surface area contributed by atoms with Crippen LogP contribution in [-0.4, -0.2) is 26.0 Å². The molecule has 0 heterocycles. The Morgan fingerprint density at radius 2 is 1.73 bits per heavy atom. The number of benzene rings is 1. The van der Waals surface area contributed by atoms with Crippen LogP contribution in [0.15, 0.2) is 54.1 Å². The molecule has 30 heavy (non-hydrogen) atoms. The van der Waals surface area contributed by atoms with Gasteiger partial charge >= 0.3 is 8.84 Å². The first-order chi connectivity index (χ1) is 14.2. The van der Waals surface area contributed by atoms with Gasteiger partial charge < -0.3 is 9.03 Å². The van der Waals surface area contributed by atoms with Crippen LogP contribution in [0.25, 0.3) is 34.1 Å². The van der Waals surface area contributed by atoms with Crippen molar-refractivity contribution in [2.24, 2.45) is 0 Å². The highest BCUT2D eigenvalue weighted by atomic mass is 28.3. The van der Waals surface area contributed by atoms with E-state index in [1.807, 2.05) is 48.0 Å². The summed E-state index contributed by atoms with van der Waals surface area (Å²) in [7, 11) is -0.0738. The fourth-order valence-electron chi connectivity index (χ4n) is 4.17. The van der Waals surface area contributed by atoms with Gasteiger partial charge in [0.15, 0.2) is 0 Å². The van der Waals surface area contributed by atoms with Crippen molar-refractivity contribution in [1.82, 2.24) is 4.57 Å². The molecule has 0 radical (unpaired) electrons. The number of fused-ring (bicyclic) bond motifs is 5. The second kappa shape index (κ2) is 7.55. The van der Waals surface area contributed by atoms with Gasteiger partial charge in [0.2, 0.25) is 0 Å². The third kappa shape index (κ3) is 3.52. The molecular formula is C25H25F2NOSi. The van der Waals surface area contributed by atoms with Crippen molar-refractivity contribution in [1.29, 1.82) is 0 Å². The summed E-state index contributed by atoms with van der Waals surface area (Å²) >= 11 is 0. The van der Waals surface area contributed by atoms with E-state index in [9.17, 15) is 13.2 Å². The molecule has 0 fully saturated rings. The average molecular weight is 422 g/mol. The summed E-state index contributed by atoms with van der Waals surface area (Å²) in [5, 5.41) is 2.48. The lowest BCUT2D eigenvalue weighted by Crippen LogP contribution is -2.44. The number of nitrogens with zero attached hydrogens (tertiary/aromatic N) is 1. The van der Waals surface area contributed by atoms with Crippen LogP contribution in [0.2, 0.25) is 6.04 Å². The van der Waals surface area contributed by atoms with Crippen LogP contribution < -0.4 is 10.4 Å². The van der Waals surface area contributed by atoms with Crippen molar-refractivity contribution in [2.45, 2.75) is 38.8 Å². The van der Waals surface area contributed by atoms with E-state index in [0.29, 0.717) is 23.4 Å². The largest absolute Gasteiger partial charge is 0.399 e. The number of halogens is 2. The number of rotatable bonds is 3. The Hall–Kier alpha value is -2.66. The first kappa shape index (κ1) is 20.6. The van der Waals surface area contributed by atoms with Gasteiger partial charge in [-0.3, -0.25) is 0 Å². The standard InChI is InChI=1S/C25H25F2NOSi/c1-25(2,3)28(4)30(29)15-16-12-13-17-8-7-11-20-22(21(17)14-16)18-9-5-6-10-19(18)23(20)24(26)27/h5-13H,14-15H2,1-4H3. The third-order valence-corrected chi connectivity index (χ3v) is 8.22. The molecule has 5 heteroatoms. The van der Waals surface area contributed by atoms with Crippen molar-refractivity contribution >= 4 is 31.8 Å². The van der Waals surface area contributed by atoms with Gasteiger partial charge in [-0.1, -0.05) is 60.2 Å². The highest BCUT2D eigenvalue weighted by Crippen LogP contribution is 2.34. The summed E-state index contributed by atoms with van der Waals surface area (Å²) < 4.78 is 42.7. The minimum atomic E-state index is -1.97. The first-order valence-corrected chi connectivity index (χ1v) is 11.7. The smallest absolute Gasteiger partial charge is 0.375 e. The molecule has 1 aromatic carbocycles. The van der Waals surface area contributed by atoms with Crippen molar-refractivity contribution in [3.8, 4) is 11.1 Å². The van der Waals surface area contributed by atoms with Gasteiger partial charge in [0.1, 0.15) is 0 Å². The maximum absolute atomic E-state index is 13.9. The molecule has 2 nitrogen and oxygen atoms in total. The molecule has 0 amide bonds.